The molecule has 3 N–H and O–H groups in total. The minimum atomic E-state index is -0.759. The minimum Gasteiger partial charge on any atom is -0.481 e. The molecule has 3 heteroatoms. The van der Waals surface area contributed by atoms with Gasteiger partial charge in [-0.1, -0.05) is 30.3 Å². The molecule has 0 radical (unpaired) electrons. The van der Waals surface area contributed by atoms with Gasteiger partial charge in [0.05, 0.1) is 0 Å². The highest BCUT2D eigenvalue weighted by Crippen LogP contribution is 2.15. The van der Waals surface area contributed by atoms with Gasteiger partial charge in [0, 0.05) is 12.5 Å². The molecule has 0 fully saturated rings. The fourth-order valence-corrected chi connectivity index (χ4v) is 1.34. The molecular formula is C11H15NO2. The first-order valence-electron chi connectivity index (χ1n) is 4.72. The number of carboxylic acid groups (broad SMARTS) is 1. The van der Waals surface area contributed by atoms with Gasteiger partial charge in [0.2, 0.25) is 0 Å². The number of hydrogen-bond donors (Lipinski definition) is 2. The van der Waals surface area contributed by atoms with Gasteiger partial charge in [0.1, 0.15) is 0 Å². The van der Waals surface area contributed by atoms with Crippen LogP contribution >= 0.6 is 0 Å². The molecule has 1 unspecified atom stereocenters. The van der Waals surface area contributed by atoms with E-state index in [1.807, 2.05) is 30.3 Å². The molecule has 0 saturated carbocycles. The Balaban J connectivity index is 2.36. The summed E-state index contributed by atoms with van der Waals surface area (Å²) in [6, 6.07) is 9.69. The lowest BCUT2D eigenvalue weighted by Gasteiger charge is -2.10. The Morgan fingerprint density at radius 3 is 2.57 bits per heavy atom. The first kappa shape index (κ1) is 10.7. The van der Waals surface area contributed by atoms with Crippen molar-refractivity contribution >= 4 is 5.97 Å². The molecule has 0 heterocycles. The van der Waals surface area contributed by atoms with Crippen molar-refractivity contribution in [2.45, 2.75) is 25.3 Å². The quantitative estimate of drug-likeness (QED) is 0.751. The molecule has 1 aromatic rings. The van der Waals surface area contributed by atoms with E-state index in [-0.39, 0.29) is 12.5 Å². The molecule has 76 valence electrons. The van der Waals surface area contributed by atoms with Crippen LogP contribution < -0.4 is 5.73 Å². The molecule has 0 aliphatic rings. The first-order valence-corrected chi connectivity index (χ1v) is 4.72. The van der Waals surface area contributed by atoms with Crippen LogP contribution in [0.15, 0.2) is 30.3 Å². The number of carbonyl (C=O) groups is 1. The highest BCUT2D eigenvalue weighted by molar-refractivity contribution is 5.66. The lowest BCUT2D eigenvalue weighted by molar-refractivity contribution is -0.137. The van der Waals surface area contributed by atoms with E-state index in [1.54, 1.807) is 0 Å². The molecule has 3 nitrogen and oxygen atoms in total. The maximum Gasteiger partial charge on any atom is 0.303 e. The lowest BCUT2D eigenvalue weighted by atomic mass is 10.0. The third-order valence-corrected chi connectivity index (χ3v) is 2.13. The molecule has 0 bridgehead atoms. The van der Waals surface area contributed by atoms with Gasteiger partial charge in [-0.25, -0.2) is 0 Å². The van der Waals surface area contributed by atoms with Gasteiger partial charge in [0.15, 0.2) is 0 Å². The zero-order chi connectivity index (χ0) is 10.4. The second-order valence-corrected chi connectivity index (χ2v) is 3.30. The summed E-state index contributed by atoms with van der Waals surface area (Å²) in [5, 5.41) is 8.46. The largest absolute Gasteiger partial charge is 0.481 e. The summed E-state index contributed by atoms with van der Waals surface area (Å²) in [5.41, 5.74) is 6.96. The molecule has 1 rings (SSSR count). The van der Waals surface area contributed by atoms with Crippen molar-refractivity contribution < 1.29 is 9.90 Å². The van der Waals surface area contributed by atoms with Crippen LogP contribution in [0.1, 0.15) is 30.9 Å². The molecule has 14 heavy (non-hydrogen) atoms. The van der Waals surface area contributed by atoms with Crippen LogP contribution in [0.5, 0.6) is 0 Å². The molecule has 0 saturated heterocycles. The molecule has 1 aromatic carbocycles. The van der Waals surface area contributed by atoms with Crippen molar-refractivity contribution in [3.8, 4) is 0 Å². The van der Waals surface area contributed by atoms with Crippen LogP contribution in [-0.2, 0) is 4.79 Å². The number of benzene rings is 1. The monoisotopic (exact) mass is 193 g/mol. The van der Waals surface area contributed by atoms with Crippen molar-refractivity contribution in [2.24, 2.45) is 5.73 Å². The van der Waals surface area contributed by atoms with E-state index < -0.39 is 5.97 Å². The Labute approximate surface area is 83.6 Å². The second-order valence-electron chi connectivity index (χ2n) is 3.30. The van der Waals surface area contributed by atoms with Crippen molar-refractivity contribution in [2.75, 3.05) is 0 Å². The Bertz CT molecular complexity index is 285. The Morgan fingerprint density at radius 1 is 1.36 bits per heavy atom. The molecule has 1 atom stereocenters. The van der Waals surface area contributed by atoms with Gasteiger partial charge < -0.3 is 10.8 Å². The maximum absolute atomic E-state index is 10.3. The van der Waals surface area contributed by atoms with Crippen LogP contribution in [0, 0.1) is 0 Å². The van der Waals surface area contributed by atoms with Crippen LogP contribution in [0.3, 0.4) is 0 Å². The first-order chi connectivity index (χ1) is 6.70. The summed E-state index contributed by atoms with van der Waals surface area (Å²) in [4.78, 5) is 10.3. The topological polar surface area (TPSA) is 63.3 Å². The average molecular weight is 193 g/mol. The summed E-state index contributed by atoms with van der Waals surface area (Å²) in [7, 11) is 0. The number of hydrogen-bond acceptors (Lipinski definition) is 2. The van der Waals surface area contributed by atoms with Gasteiger partial charge >= 0.3 is 5.97 Å². The predicted octanol–water partition coefficient (Wildman–Crippen LogP) is 1.94. The molecule has 0 aliphatic heterocycles. The van der Waals surface area contributed by atoms with E-state index in [1.165, 1.54) is 0 Å². The van der Waals surface area contributed by atoms with Gasteiger partial charge in [0.25, 0.3) is 0 Å². The van der Waals surface area contributed by atoms with Gasteiger partial charge in [-0.2, -0.15) is 0 Å². The molecular weight excluding hydrogens is 178 g/mol. The van der Waals surface area contributed by atoms with E-state index in [9.17, 15) is 4.79 Å². The zero-order valence-electron chi connectivity index (χ0n) is 8.02. The maximum atomic E-state index is 10.3. The van der Waals surface area contributed by atoms with Crippen LogP contribution in [0.25, 0.3) is 0 Å². The van der Waals surface area contributed by atoms with Crippen molar-refractivity contribution in [1.82, 2.24) is 0 Å². The van der Waals surface area contributed by atoms with E-state index in [4.69, 9.17) is 10.8 Å². The highest BCUT2D eigenvalue weighted by Gasteiger charge is 2.05. The standard InChI is InChI=1S/C11H15NO2/c12-10(7-4-8-11(13)14)9-5-2-1-3-6-9/h1-3,5-6,10H,4,7-8,12H2,(H,13,14). The van der Waals surface area contributed by atoms with E-state index in [0.717, 1.165) is 12.0 Å². The van der Waals surface area contributed by atoms with Gasteiger partial charge in [-0.15, -0.1) is 0 Å². The predicted molar refractivity (Wildman–Crippen MR) is 54.9 cm³/mol. The van der Waals surface area contributed by atoms with Crippen molar-refractivity contribution in [3.05, 3.63) is 35.9 Å². The fraction of sp³-hybridized carbons (Fsp3) is 0.364. The van der Waals surface area contributed by atoms with Crippen molar-refractivity contribution in [1.29, 1.82) is 0 Å². The molecule has 0 amide bonds. The van der Waals surface area contributed by atoms with E-state index >= 15 is 0 Å². The van der Waals surface area contributed by atoms with Crippen LogP contribution in [0.2, 0.25) is 0 Å². The Morgan fingerprint density at radius 2 is 2.00 bits per heavy atom. The van der Waals surface area contributed by atoms with Gasteiger partial charge in [-0.05, 0) is 18.4 Å². The second kappa shape index (κ2) is 5.40. The minimum absolute atomic E-state index is 0.0458. The number of carboxylic acids is 1. The molecule has 0 aliphatic carbocycles. The summed E-state index contributed by atoms with van der Waals surface area (Å²) in [5.74, 6) is -0.759. The number of rotatable bonds is 5. The number of nitrogens with two attached hydrogens (primary N) is 1. The van der Waals surface area contributed by atoms with Crippen LogP contribution in [-0.4, -0.2) is 11.1 Å². The average Bonchev–Trinajstić information content (AvgIpc) is 2.18. The lowest BCUT2D eigenvalue weighted by Crippen LogP contribution is -2.10. The number of aliphatic carboxylic acids is 1. The molecule has 0 spiro atoms. The summed E-state index contributed by atoms with van der Waals surface area (Å²) in [6.07, 6.45) is 1.54. The summed E-state index contributed by atoms with van der Waals surface area (Å²) in [6.45, 7) is 0. The molecule has 0 aromatic heterocycles. The smallest absolute Gasteiger partial charge is 0.303 e. The third kappa shape index (κ3) is 3.58. The third-order valence-electron chi connectivity index (χ3n) is 2.13. The van der Waals surface area contributed by atoms with E-state index in [2.05, 4.69) is 0 Å². The fourth-order valence-electron chi connectivity index (χ4n) is 1.34. The van der Waals surface area contributed by atoms with Gasteiger partial charge in [-0.3, -0.25) is 4.79 Å². The SMILES string of the molecule is NC(CCCC(=O)O)c1ccccc1. The summed E-state index contributed by atoms with van der Waals surface area (Å²) < 4.78 is 0. The Hall–Kier alpha value is -1.35. The normalized spacial score (nSPS) is 12.4. The summed E-state index contributed by atoms with van der Waals surface area (Å²) >= 11 is 0. The van der Waals surface area contributed by atoms with Crippen molar-refractivity contribution in [3.63, 3.8) is 0 Å². The highest BCUT2D eigenvalue weighted by atomic mass is 16.4. The van der Waals surface area contributed by atoms with Crippen LogP contribution in [0.4, 0.5) is 0 Å². The zero-order valence-corrected chi connectivity index (χ0v) is 8.02. The van der Waals surface area contributed by atoms with E-state index in [0.29, 0.717) is 6.42 Å². The Kier molecular flexibility index (Phi) is 4.13.